The number of carbonyl (C=O) groups is 2. The molecule has 0 N–H and O–H groups in total. The van der Waals surface area contributed by atoms with Crippen molar-refractivity contribution in [3.63, 3.8) is 0 Å². The van der Waals surface area contributed by atoms with E-state index in [9.17, 15) is 9.59 Å². The third-order valence-electron chi connectivity index (χ3n) is 7.21. The first kappa shape index (κ1) is 32.8. The van der Waals surface area contributed by atoms with Crippen molar-refractivity contribution >= 4 is 70.4 Å². The van der Waals surface area contributed by atoms with Crippen LogP contribution in [0, 0.1) is 0 Å². The van der Waals surface area contributed by atoms with Crippen LogP contribution in [0.4, 0.5) is 0 Å². The molecule has 1 fully saturated rings. The molecular weight excluding hydrogens is 571 g/mol. The molecule has 0 amide bonds. The van der Waals surface area contributed by atoms with Gasteiger partial charge in [-0.05, 0) is 44.8 Å². The van der Waals surface area contributed by atoms with E-state index in [2.05, 4.69) is 46.2 Å². The maximum Gasteiger partial charge on any atom is 0.330 e. The second-order valence-electron chi connectivity index (χ2n) is 9.82. The molecule has 0 unspecified atom stereocenters. The Morgan fingerprint density at radius 2 is 0.952 bits per heavy atom. The minimum Gasteiger partial charge on any atom is -0.461 e. The predicted molar refractivity (Wildman–Crippen MR) is 175 cm³/mol. The highest BCUT2D eigenvalue weighted by molar-refractivity contribution is 5.95. The van der Waals surface area contributed by atoms with Gasteiger partial charge in [-0.1, -0.05) is 84.9 Å². The van der Waals surface area contributed by atoms with E-state index in [1.807, 2.05) is 60.7 Å². The number of benzene rings is 4. The van der Waals surface area contributed by atoms with Crippen LogP contribution in [-0.2, 0) is 19.1 Å². The molecule has 1 aliphatic heterocycles. The van der Waals surface area contributed by atoms with Crippen LogP contribution in [0.5, 0.6) is 0 Å². The molecule has 0 aliphatic carbocycles. The lowest BCUT2D eigenvalue weighted by atomic mass is 10.0. The van der Waals surface area contributed by atoms with Crippen LogP contribution in [0.1, 0.15) is 11.1 Å². The summed E-state index contributed by atoms with van der Waals surface area (Å²) in [5.74, 6) is -0.661. The van der Waals surface area contributed by atoms with Gasteiger partial charge in [-0.3, -0.25) is 9.80 Å². The fourth-order valence-electron chi connectivity index (χ4n) is 4.99. The topological polar surface area (TPSA) is 59.1 Å². The number of esters is 2. The molecule has 4 aromatic rings. The molecule has 0 aromatic heterocycles. The monoisotopic (exact) mass is 606 g/mol. The summed E-state index contributed by atoms with van der Waals surface area (Å²) in [7, 11) is 0. The fourth-order valence-corrected chi connectivity index (χ4v) is 4.99. The van der Waals surface area contributed by atoms with E-state index in [1.165, 1.54) is 12.2 Å². The molecule has 0 spiro atoms. The summed E-state index contributed by atoms with van der Waals surface area (Å²) in [6.07, 6.45) is 6.63. The average Bonchev–Trinajstić information content (AvgIpc) is 2.99. The Balaban J connectivity index is 0.00000242. The summed E-state index contributed by atoms with van der Waals surface area (Å²) >= 11 is 0. The van der Waals surface area contributed by atoms with E-state index in [0.29, 0.717) is 26.3 Å². The number of nitrogens with zero attached hydrogens (tertiary/aromatic N) is 2. The summed E-state index contributed by atoms with van der Waals surface area (Å²) in [5, 5.41) is 4.51. The first-order valence-electron chi connectivity index (χ1n) is 13.8. The lowest BCUT2D eigenvalue weighted by molar-refractivity contribution is -0.139. The lowest BCUT2D eigenvalue weighted by Crippen LogP contribution is -2.48. The highest BCUT2D eigenvalue weighted by Gasteiger charge is 2.17. The first-order chi connectivity index (χ1) is 19.7. The van der Waals surface area contributed by atoms with Gasteiger partial charge in [0.1, 0.15) is 13.2 Å². The van der Waals surface area contributed by atoms with E-state index in [1.54, 1.807) is 0 Å². The van der Waals surface area contributed by atoms with E-state index in [4.69, 9.17) is 9.47 Å². The van der Waals surface area contributed by atoms with Crippen molar-refractivity contribution in [2.24, 2.45) is 0 Å². The molecule has 4 aromatic carbocycles. The standard InChI is InChI=1S/C34H34N2O4.2ClH/c37-33(17-15-29-11-5-9-27-7-1-3-13-31(27)29)39-25-23-35-19-21-36(22-20-35)24-26-40-34(38)18-16-30-12-6-10-28-8-2-4-14-32(28)30;;/h1-18H,19-26H2;2*1H/b17-15-,18-16+;;. The Morgan fingerprint density at radius 3 is 1.38 bits per heavy atom. The Kier molecular flexibility index (Phi) is 13.0. The number of piperazine rings is 1. The van der Waals surface area contributed by atoms with Crippen molar-refractivity contribution in [2.45, 2.75) is 0 Å². The summed E-state index contributed by atoms with van der Waals surface area (Å²) in [6.45, 7) is 5.68. The number of ether oxygens (including phenoxy) is 2. The van der Waals surface area contributed by atoms with Crippen LogP contribution in [0.25, 0.3) is 33.7 Å². The number of hydrogen-bond donors (Lipinski definition) is 0. The molecule has 0 radical (unpaired) electrons. The lowest BCUT2D eigenvalue weighted by Gasteiger charge is -2.34. The molecule has 1 heterocycles. The Morgan fingerprint density at radius 1 is 0.571 bits per heavy atom. The highest BCUT2D eigenvalue weighted by atomic mass is 35.5. The van der Waals surface area contributed by atoms with Crippen LogP contribution in [0.3, 0.4) is 0 Å². The number of hydrogen-bond acceptors (Lipinski definition) is 6. The molecule has 0 atom stereocenters. The smallest absolute Gasteiger partial charge is 0.330 e. The minimum absolute atomic E-state index is 0. The van der Waals surface area contributed by atoms with Crippen LogP contribution >= 0.6 is 24.8 Å². The predicted octanol–water partition coefficient (Wildman–Crippen LogP) is 6.27. The second-order valence-corrected chi connectivity index (χ2v) is 9.82. The third kappa shape index (κ3) is 9.16. The van der Waals surface area contributed by atoms with Gasteiger partial charge in [0.05, 0.1) is 0 Å². The average molecular weight is 608 g/mol. The van der Waals surface area contributed by atoms with Crippen molar-refractivity contribution in [1.29, 1.82) is 0 Å². The molecule has 8 heteroatoms. The molecule has 5 rings (SSSR count). The molecule has 220 valence electrons. The third-order valence-corrected chi connectivity index (χ3v) is 7.21. The molecule has 1 aliphatic rings. The van der Waals surface area contributed by atoms with Crippen molar-refractivity contribution in [1.82, 2.24) is 9.80 Å². The van der Waals surface area contributed by atoms with E-state index in [0.717, 1.165) is 58.9 Å². The molecular formula is C34H36Cl2N2O4. The zero-order valence-corrected chi connectivity index (χ0v) is 25.0. The quantitative estimate of drug-likeness (QED) is 0.157. The van der Waals surface area contributed by atoms with Gasteiger partial charge < -0.3 is 9.47 Å². The van der Waals surface area contributed by atoms with Crippen molar-refractivity contribution in [3.8, 4) is 0 Å². The van der Waals surface area contributed by atoms with Crippen molar-refractivity contribution < 1.29 is 19.1 Å². The van der Waals surface area contributed by atoms with Gasteiger partial charge in [0.2, 0.25) is 0 Å². The number of rotatable bonds is 10. The van der Waals surface area contributed by atoms with Gasteiger partial charge in [0.15, 0.2) is 0 Å². The number of fused-ring (bicyclic) bond motifs is 2. The molecule has 0 saturated carbocycles. The van der Waals surface area contributed by atoms with E-state index in [-0.39, 0.29) is 36.8 Å². The number of halogens is 2. The Hall–Kier alpha value is -3.68. The maximum absolute atomic E-state index is 12.2. The van der Waals surface area contributed by atoms with Gasteiger partial charge in [-0.15, -0.1) is 24.8 Å². The summed E-state index contributed by atoms with van der Waals surface area (Å²) in [6, 6.07) is 28.3. The Labute approximate surface area is 259 Å². The van der Waals surface area contributed by atoms with Crippen LogP contribution < -0.4 is 0 Å². The van der Waals surface area contributed by atoms with Crippen LogP contribution in [0.15, 0.2) is 97.1 Å². The molecule has 6 nitrogen and oxygen atoms in total. The van der Waals surface area contributed by atoms with Crippen molar-refractivity contribution in [2.75, 3.05) is 52.5 Å². The van der Waals surface area contributed by atoms with E-state index < -0.39 is 0 Å². The molecule has 1 saturated heterocycles. The van der Waals surface area contributed by atoms with Gasteiger partial charge in [-0.25, -0.2) is 9.59 Å². The molecule has 0 bridgehead atoms. The van der Waals surface area contributed by atoms with Crippen LogP contribution in [0.2, 0.25) is 0 Å². The Bertz CT molecular complexity index is 1400. The SMILES string of the molecule is Cl.Cl.O=C(/C=C\c1cccc2ccccc12)OCCN1CCN(CCOC(=O)/C=C/c2cccc3ccccc23)CC1. The number of carbonyl (C=O) groups excluding carboxylic acids is 2. The normalized spacial score (nSPS) is 14.1. The van der Waals surface area contributed by atoms with Crippen molar-refractivity contribution in [3.05, 3.63) is 108 Å². The molecule has 42 heavy (non-hydrogen) atoms. The zero-order valence-electron chi connectivity index (χ0n) is 23.4. The van der Waals surface area contributed by atoms with E-state index >= 15 is 0 Å². The highest BCUT2D eigenvalue weighted by Crippen LogP contribution is 2.20. The summed E-state index contributed by atoms with van der Waals surface area (Å²) in [5.41, 5.74) is 2.00. The summed E-state index contributed by atoms with van der Waals surface area (Å²) < 4.78 is 10.9. The summed E-state index contributed by atoms with van der Waals surface area (Å²) in [4.78, 5) is 29.0. The van der Waals surface area contributed by atoms with Gasteiger partial charge >= 0.3 is 11.9 Å². The first-order valence-corrected chi connectivity index (χ1v) is 13.8. The van der Waals surface area contributed by atoms with Gasteiger partial charge in [0, 0.05) is 51.4 Å². The minimum atomic E-state index is -0.331. The fraction of sp³-hybridized carbons (Fsp3) is 0.235. The van der Waals surface area contributed by atoms with Crippen LogP contribution in [-0.4, -0.2) is 74.2 Å². The van der Waals surface area contributed by atoms with Gasteiger partial charge in [-0.2, -0.15) is 0 Å². The maximum atomic E-state index is 12.2. The second kappa shape index (κ2) is 16.7. The zero-order chi connectivity index (χ0) is 27.6. The van der Waals surface area contributed by atoms with Gasteiger partial charge in [0.25, 0.3) is 0 Å². The largest absolute Gasteiger partial charge is 0.461 e.